The predicted octanol–water partition coefficient (Wildman–Crippen LogP) is 8.44. The zero-order valence-electron chi connectivity index (χ0n) is 22.3. The normalized spacial score (nSPS) is 13.6. The third-order valence-electron chi connectivity index (χ3n) is 7.68. The molecular formula is C33H32IrN3-. The number of rotatable bonds is 4. The van der Waals surface area contributed by atoms with Crippen LogP contribution in [0.5, 0.6) is 0 Å². The van der Waals surface area contributed by atoms with Crippen molar-refractivity contribution in [3.8, 4) is 28.2 Å². The molecule has 0 fully saturated rings. The van der Waals surface area contributed by atoms with Crippen LogP contribution in [0.25, 0.3) is 39.2 Å². The van der Waals surface area contributed by atoms with E-state index in [0.29, 0.717) is 11.8 Å². The molecule has 0 saturated heterocycles. The van der Waals surface area contributed by atoms with Crippen molar-refractivity contribution >= 4 is 11.0 Å². The quantitative estimate of drug-likeness (QED) is 0.181. The smallest absolute Gasteiger partial charge is 0.0774 e. The van der Waals surface area contributed by atoms with Crippen LogP contribution in [0.1, 0.15) is 75.8 Å². The second-order valence-electron chi connectivity index (χ2n) is 11.1. The first kappa shape index (κ1) is 25.6. The number of hydrogen-bond acceptors (Lipinski definition) is 2. The number of fused-ring (bicyclic) bond motifs is 4. The van der Waals surface area contributed by atoms with Gasteiger partial charge in [-0.3, -0.25) is 9.97 Å². The molecule has 2 heterocycles. The van der Waals surface area contributed by atoms with Crippen LogP contribution in [-0.4, -0.2) is 14.5 Å². The molecule has 6 rings (SSSR count). The molecule has 1 aliphatic rings. The molecule has 37 heavy (non-hydrogen) atoms. The van der Waals surface area contributed by atoms with E-state index in [4.69, 9.17) is 9.97 Å². The third kappa shape index (κ3) is 3.90. The molecule has 0 atom stereocenters. The molecule has 4 heteroatoms. The molecule has 3 nitrogen and oxygen atoms in total. The molecule has 0 aliphatic heterocycles. The summed E-state index contributed by atoms with van der Waals surface area (Å²) in [5, 5.41) is 0. The van der Waals surface area contributed by atoms with E-state index in [1.807, 2.05) is 12.3 Å². The Bertz CT molecular complexity index is 1600. The number of imidazole rings is 1. The minimum atomic E-state index is -0.143. The van der Waals surface area contributed by atoms with Crippen molar-refractivity contribution in [1.82, 2.24) is 14.5 Å². The standard InChI is InChI=1S/C33H32N3.Ir/c1-20(2)23-11-9-12-24(21(3)4)30(23)36-29-15-8-7-14-28(29)35-32(36)22-16-17-27-26(19-22)25-13-10-18-34-31(25)33(27,5)6;/h7-15,17-21H,1-6H3;/q-1;. The Morgan fingerprint density at radius 2 is 1.54 bits per heavy atom. The van der Waals surface area contributed by atoms with Crippen LogP contribution >= 0.6 is 0 Å². The molecule has 0 N–H and O–H groups in total. The molecular weight excluding hydrogens is 631 g/mol. The van der Waals surface area contributed by atoms with Crippen molar-refractivity contribution in [2.75, 3.05) is 0 Å². The number of nitrogens with zero attached hydrogens (tertiary/aromatic N) is 3. The van der Waals surface area contributed by atoms with Crippen molar-refractivity contribution < 1.29 is 20.1 Å². The fraction of sp³-hybridized carbons (Fsp3) is 0.273. The van der Waals surface area contributed by atoms with Crippen molar-refractivity contribution in [2.24, 2.45) is 0 Å². The van der Waals surface area contributed by atoms with Crippen LogP contribution in [0.2, 0.25) is 0 Å². The van der Waals surface area contributed by atoms with Crippen LogP contribution in [0.3, 0.4) is 0 Å². The summed E-state index contributed by atoms with van der Waals surface area (Å²) in [5.41, 5.74) is 11.8. The molecule has 0 bridgehead atoms. The Hall–Kier alpha value is -3.07. The fourth-order valence-electron chi connectivity index (χ4n) is 5.81. The molecule has 2 aromatic heterocycles. The molecule has 1 aliphatic carbocycles. The molecule has 0 spiro atoms. The maximum Gasteiger partial charge on any atom is 0.0774 e. The van der Waals surface area contributed by atoms with Gasteiger partial charge in [0.25, 0.3) is 0 Å². The maximum absolute atomic E-state index is 5.19. The van der Waals surface area contributed by atoms with Gasteiger partial charge in [-0.05, 0) is 52.1 Å². The summed E-state index contributed by atoms with van der Waals surface area (Å²) >= 11 is 0. The fourth-order valence-corrected chi connectivity index (χ4v) is 5.81. The Morgan fingerprint density at radius 1 is 0.838 bits per heavy atom. The largest absolute Gasteiger partial charge is 0.333 e. The zero-order valence-corrected chi connectivity index (χ0v) is 24.7. The van der Waals surface area contributed by atoms with Crippen LogP contribution < -0.4 is 0 Å². The number of hydrogen-bond donors (Lipinski definition) is 0. The average molecular weight is 663 g/mol. The Balaban J connectivity index is 0.00000280. The van der Waals surface area contributed by atoms with E-state index >= 15 is 0 Å². The average Bonchev–Trinajstić information content (AvgIpc) is 3.36. The molecule has 3 aromatic carbocycles. The van der Waals surface area contributed by atoms with Gasteiger partial charge in [0.2, 0.25) is 0 Å². The summed E-state index contributed by atoms with van der Waals surface area (Å²) in [4.78, 5) is 9.95. The van der Waals surface area contributed by atoms with Gasteiger partial charge in [-0.25, -0.2) is 0 Å². The van der Waals surface area contributed by atoms with Gasteiger partial charge in [0, 0.05) is 37.7 Å². The first-order valence-corrected chi connectivity index (χ1v) is 12.9. The van der Waals surface area contributed by atoms with Crippen LogP contribution in [0.15, 0.2) is 72.9 Å². The van der Waals surface area contributed by atoms with Crippen LogP contribution in [0, 0.1) is 6.07 Å². The van der Waals surface area contributed by atoms with E-state index < -0.39 is 0 Å². The second-order valence-corrected chi connectivity index (χ2v) is 11.1. The van der Waals surface area contributed by atoms with Gasteiger partial charge in [-0.2, -0.15) is 0 Å². The van der Waals surface area contributed by atoms with Crippen molar-refractivity contribution in [3.63, 3.8) is 0 Å². The minimum absolute atomic E-state index is 0. The van der Waals surface area contributed by atoms with Gasteiger partial charge >= 0.3 is 0 Å². The SMILES string of the molecule is CC(C)c1cccc(C(C)C)c1-n1c(-c2[c-]cc3c(c2)-c2cccnc2C3(C)C)nc2ccccc21.[Ir]. The molecule has 0 saturated carbocycles. The van der Waals surface area contributed by atoms with E-state index in [1.54, 1.807) is 0 Å². The third-order valence-corrected chi connectivity index (χ3v) is 7.68. The summed E-state index contributed by atoms with van der Waals surface area (Å²) in [6, 6.07) is 27.5. The summed E-state index contributed by atoms with van der Waals surface area (Å²) in [6.45, 7) is 13.6. The molecule has 189 valence electrons. The number of benzene rings is 3. The van der Waals surface area contributed by atoms with E-state index in [2.05, 4.69) is 113 Å². The summed E-state index contributed by atoms with van der Waals surface area (Å²) < 4.78 is 2.38. The van der Waals surface area contributed by atoms with Gasteiger partial charge in [-0.1, -0.05) is 83.5 Å². The van der Waals surface area contributed by atoms with Gasteiger partial charge in [0.1, 0.15) is 0 Å². The first-order valence-electron chi connectivity index (χ1n) is 12.9. The number of pyridine rings is 1. The Morgan fingerprint density at radius 3 is 2.24 bits per heavy atom. The van der Waals surface area contributed by atoms with Gasteiger partial charge in [0.05, 0.1) is 16.9 Å². The number of para-hydroxylation sites is 3. The van der Waals surface area contributed by atoms with Crippen molar-refractivity contribution in [2.45, 2.75) is 58.8 Å². The summed E-state index contributed by atoms with van der Waals surface area (Å²) in [6.07, 6.45) is 1.90. The molecule has 0 unspecified atom stereocenters. The number of aromatic nitrogens is 3. The first-order chi connectivity index (χ1) is 17.3. The molecule has 5 aromatic rings. The summed E-state index contributed by atoms with van der Waals surface area (Å²) in [5.74, 6) is 1.70. The topological polar surface area (TPSA) is 30.7 Å². The van der Waals surface area contributed by atoms with Crippen molar-refractivity contribution in [3.05, 3.63) is 101 Å². The maximum atomic E-state index is 5.19. The van der Waals surface area contributed by atoms with Gasteiger partial charge in [-0.15, -0.1) is 29.3 Å². The van der Waals surface area contributed by atoms with Crippen molar-refractivity contribution in [1.29, 1.82) is 0 Å². The molecule has 1 radical (unpaired) electrons. The van der Waals surface area contributed by atoms with Crippen LogP contribution in [0.4, 0.5) is 0 Å². The second kappa shape index (κ2) is 9.35. The van der Waals surface area contributed by atoms with Crippen LogP contribution in [-0.2, 0) is 25.5 Å². The Kier molecular flexibility index (Phi) is 6.46. The van der Waals surface area contributed by atoms with Gasteiger partial charge in [0.15, 0.2) is 0 Å². The van der Waals surface area contributed by atoms with Gasteiger partial charge < -0.3 is 4.57 Å². The van der Waals surface area contributed by atoms with E-state index in [9.17, 15) is 0 Å². The van der Waals surface area contributed by atoms with E-state index in [1.165, 1.54) is 33.5 Å². The summed E-state index contributed by atoms with van der Waals surface area (Å²) in [7, 11) is 0. The van der Waals surface area contributed by atoms with E-state index in [0.717, 1.165) is 28.1 Å². The monoisotopic (exact) mass is 663 g/mol. The Labute approximate surface area is 233 Å². The minimum Gasteiger partial charge on any atom is -0.333 e. The zero-order chi connectivity index (χ0) is 25.2. The van der Waals surface area contributed by atoms with E-state index in [-0.39, 0.29) is 25.5 Å². The molecule has 0 amide bonds. The predicted molar refractivity (Wildman–Crippen MR) is 149 cm³/mol.